The first kappa shape index (κ1) is 15.1. The van der Waals surface area contributed by atoms with Gasteiger partial charge in [-0.1, -0.05) is 23.2 Å². The Labute approximate surface area is 110 Å². The van der Waals surface area contributed by atoms with Crippen LogP contribution in [0.2, 0.25) is 10.0 Å². The fraction of sp³-hybridized carbons (Fsp3) is 0.300. The maximum Gasteiger partial charge on any atom is 0.265 e. The van der Waals surface area contributed by atoms with Gasteiger partial charge in [-0.2, -0.15) is 0 Å². The quantitative estimate of drug-likeness (QED) is 0.840. The van der Waals surface area contributed by atoms with E-state index in [0.29, 0.717) is 0 Å². The topological polar surface area (TPSA) is 49.3 Å². The molecule has 0 saturated heterocycles. The number of nitrogens with one attached hydrogen (secondary N) is 1. The smallest absolute Gasteiger partial charge is 0.265 e. The maximum atomic E-state index is 13.1. The number of amides is 1. The Morgan fingerprint density at radius 1 is 1.33 bits per heavy atom. The maximum absolute atomic E-state index is 13.1. The van der Waals surface area contributed by atoms with Gasteiger partial charge in [0.05, 0.1) is 15.6 Å². The number of hydrogen-bond donors (Lipinski definition) is 2. The number of carbonyl (C=O) groups excluding carboxylic acids is 1. The fourth-order valence-corrected chi connectivity index (χ4v) is 1.55. The van der Waals surface area contributed by atoms with Crippen molar-refractivity contribution in [2.45, 2.75) is 12.5 Å². The summed E-state index contributed by atoms with van der Waals surface area (Å²) in [6.07, 6.45) is -4.98. The minimum Gasteiger partial charge on any atom is -0.385 e. The fourth-order valence-electron chi connectivity index (χ4n) is 1.08. The molecule has 0 aliphatic heterocycles. The first-order valence-electron chi connectivity index (χ1n) is 4.72. The number of carbonyl (C=O) groups is 1. The second kappa shape index (κ2) is 6.26. The second-order valence-electron chi connectivity index (χ2n) is 3.36. The van der Waals surface area contributed by atoms with Gasteiger partial charge in [-0.15, -0.1) is 0 Å². The number of halogens is 5. The average Bonchev–Trinajstić information content (AvgIpc) is 2.30. The highest BCUT2D eigenvalue weighted by Gasteiger charge is 2.19. The zero-order valence-corrected chi connectivity index (χ0v) is 10.3. The Kier molecular flexibility index (Phi) is 5.25. The molecule has 0 aliphatic carbocycles. The summed E-state index contributed by atoms with van der Waals surface area (Å²) in [6, 6.07) is 1.81. The predicted octanol–water partition coefficient (Wildman–Crippen LogP) is 2.49. The van der Waals surface area contributed by atoms with Crippen molar-refractivity contribution >= 4 is 29.1 Å². The molecule has 0 radical (unpaired) electrons. The van der Waals surface area contributed by atoms with E-state index in [-0.39, 0.29) is 15.6 Å². The molecule has 0 spiro atoms. The van der Waals surface area contributed by atoms with Crippen molar-refractivity contribution in [3.63, 3.8) is 0 Å². The molecule has 0 heterocycles. The SMILES string of the molecule is O=C(NCC(O)C(F)F)c1cc(F)c(Cl)cc1Cl. The second-order valence-corrected chi connectivity index (χ2v) is 4.17. The summed E-state index contributed by atoms with van der Waals surface area (Å²) < 4.78 is 37.1. The normalized spacial score (nSPS) is 12.6. The van der Waals surface area contributed by atoms with Crippen molar-refractivity contribution < 1.29 is 23.1 Å². The Balaban J connectivity index is 2.76. The van der Waals surface area contributed by atoms with Crippen LogP contribution in [0.25, 0.3) is 0 Å². The molecule has 1 aromatic carbocycles. The number of aliphatic hydroxyl groups is 1. The van der Waals surface area contributed by atoms with Crippen LogP contribution in [0.4, 0.5) is 13.2 Å². The van der Waals surface area contributed by atoms with Gasteiger partial charge < -0.3 is 10.4 Å². The summed E-state index contributed by atoms with van der Waals surface area (Å²) in [6.45, 7) is -0.670. The molecule has 0 aliphatic rings. The van der Waals surface area contributed by atoms with Crippen molar-refractivity contribution in [3.05, 3.63) is 33.6 Å². The molecule has 1 amide bonds. The number of hydrogen-bond acceptors (Lipinski definition) is 2. The van der Waals surface area contributed by atoms with E-state index in [9.17, 15) is 18.0 Å². The van der Waals surface area contributed by atoms with Crippen molar-refractivity contribution in [2.24, 2.45) is 0 Å². The van der Waals surface area contributed by atoms with E-state index in [1.54, 1.807) is 0 Å². The van der Waals surface area contributed by atoms with E-state index in [2.05, 4.69) is 0 Å². The molecule has 3 nitrogen and oxygen atoms in total. The predicted molar refractivity (Wildman–Crippen MR) is 60.8 cm³/mol. The molecule has 1 atom stereocenters. The summed E-state index contributed by atoms with van der Waals surface area (Å²) in [5.41, 5.74) is -0.250. The molecule has 1 rings (SSSR count). The molecule has 0 fully saturated rings. The summed E-state index contributed by atoms with van der Waals surface area (Å²) in [5.74, 6) is -1.74. The van der Waals surface area contributed by atoms with Gasteiger partial charge in [-0.3, -0.25) is 4.79 Å². The molecule has 8 heteroatoms. The molecule has 0 saturated carbocycles. The molecule has 0 bridgehead atoms. The van der Waals surface area contributed by atoms with Crippen molar-refractivity contribution in [1.82, 2.24) is 5.32 Å². The Hall–Kier alpha value is -0.980. The first-order valence-corrected chi connectivity index (χ1v) is 5.47. The van der Waals surface area contributed by atoms with E-state index >= 15 is 0 Å². The van der Waals surface area contributed by atoms with Gasteiger partial charge in [0, 0.05) is 6.54 Å². The third kappa shape index (κ3) is 3.76. The van der Waals surface area contributed by atoms with Crippen LogP contribution in [0.5, 0.6) is 0 Å². The van der Waals surface area contributed by atoms with E-state index < -0.39 is 30.8 Å². The summed E-state index contributed by atoms with van der Waals surface area (Å²) in [4.78, 5) is 11.5. The number of aliphatic hydroxyl groups excluding tert-OH is 1. The van der Waals surface area contributed by atoms with Crippen LogP contribution in [0.1, 0.15) is 10.4 Å². The van der Waals surface area contributed by atoms with Crippen LogP contribution in [0, 0.1) is 5.82 Å². The molecule has 1 unspecified atom stereocenters. The van der Waals surface area contributed by atoms with Gasteiger partial charge in [0.2, 0.25) is 0 Å². The lowest BCUT2D eigenvalue weighted by Crippen LogP contribution is -2.36. The largest absolute Gasteiger partial charge is 0.385 e. The summed E-state index contributed by atoms with van der Waals surface area (Å²) >= 11 is 11.1. The lowest BCUT2D eigenvalue weighted by atomic mass is 10.2. The van der Waals surface area contributed by atoms with Crippen LogP contribution in [0.15, 0.2) is 12.1 Å². The monoisotopic (exact) mass is 301 g/mol. The van der Waals surface area contributed by atoms with E-state index in [0.717, 1.165) is 12.1 Å². The minimum absolute atomic E-state index is 0.120. The van der Waals surface area contributed by atoms with E-state index in [1.807, 2.05) is 5.32 Å². The van der Waals surface area contributed by atoms with Gasteiger partial charge in [0.1, 0.15) is 11.9 Å². The van der Waals surface area contributed by atoms with Crippen molar-refractivity contribution in [2.75, 3.05) is 6.54 Å². The van der Waals surface area contributed by atoms with Gasteiger partial charge in [-0.25, -0.2) is 13.2 Å². The number of alkyl halides is 2. The lowest BCUT2D eigenvalue weighted by molar-refractivity contribution is -0.00270. The highest BCUT2D eigenvalue weighted by Crippen LogP contribution is 2.24. The molecule has 0 aromatic heterocycles. The number of benzene rings is 1. The third-order valence-corrected chi connectivity index (χ3v) is 2.62. The van der Waals surface area contributed by atoms with E-state index in [4.69, 9.17) is 28.3 Å². The highest BCUT2D eigenvalue weighted by atomic mass is 35.5. The van der Waals surface area contributed by atoms with Crippen LogP contribution in [0.3, 0.4) is 0 Å². The summed E-state index contributed by atoms with van der Waals surface area (Å²) in [5, 5.41) is 10.4. The van der Waals surface area contributed by atoms with Crippen LogP contribution < -0.4 is 5.32 Å². The summed E-state index contributed by atoms with van der Waals surface area (Å²) in [7, 11) is 0. The highest BCUT2D eigenvalue weighted by molar-refractivity contribution is 6.36. The molecule has 100 valence electrons. The van der Waals surface area contributed by atoms with E-state index in [1.165, 1.54) is 0 Å². The Morgan fingerprint density at radius 3 is 2.50 bits per heavy atom. The zero-order valence-electron chi connectivity index (χ0n) is 8.76. The standard InChI is InChI=1S/C10H8Cl2F3NO2/c11-5-2-6(12)7(13)1-4(5)10(18)16-3-8(17)9(14)15/h1-2,8-9,17H,3H2,(H,16,18). The Bertz CT molecular complexity index is 457. The molecule has 2 N–H and O–H groups in total. The number of rotatable bonds is 4. The van der Waals surface area contributed by atoms with Crippen LogP contribution >= 0.6 is 23.2 Å². The molecule has 18 heavy (non-hydrogen) atoms. The third-order valence-electron chi connectivity index (χ3n) is 2.02. The molecular weight excluding hydrogens is 294 g/mol. The lowest BCUT2D eigenvalue weighted by Gasteiger charge is -2.11. The zero-order chi connectivity index (χ0) is 13.9. The van der Waals surface area contributed by atoms with Crippen LogP contribution in [-0.2, 0) is 0 Å². The van der Waals surface area contributed by atoms with Crippen LogP contribution in [-0.4, -0.2) is 30.1 Å². The van der Waals surface area contributed by atoms with Gasteiger partial charge >= 0.3 is 0 Å². The average molecular weight is 302 g/mol. The van der Waals surface area contributed by atoms with Crippen molar-refractivity contribution in [1.29, 1.82) is 0 Å². The van der Waals surface area contributed by atoms with Gasteiger partial charge in [-0.05, 0) is 12.1 Å². The molecular formula is C10H8Cl2F3NO2. The Morgan fingerprint density at radius 2 is 1.94 bits per heavy atom. The van der Waals surface area contributed by atoms with Gasteiger partial charge in [0.25, 0.3) is 12.3 Å². The first-order chi connectivity index (χ1) is 8.32. The van der Waals surface area contributed by atoms with Crippen molar-refractivity contribution in [3.8, 4) is 0 Å². The van der Waals surface area contributed by atoms with Gasteiger partial charge in [0.15, 0.2) is 0 Å². The minimum atomic E-state index is -2.98. The molecule has 1 aromatic rings.